The second-order valence-corrected chi connectivity index (χ2v) is 3.78. The van der Waals surface area contributed by atoms with Gasteiger partial charge in [-0.1, -0.05) is 0 Å². The van der Waals surface area contributed by atoms with Crippen LogP contribution in [-0.4, -0.2) is 36.3 Å². The van der Waals surface area contributed by atoms with Gasteiger partial charge in [-0.2, -0.15) is 0 Å². The molecule has 1 aliphatic heterocycles. The number of aromatic nitrogens is 2. The summed E-state index contributed by atoms with van der Waals surface area (Å²) in [7, 11) is 1.71. The highest BCUT2D eigenvalue weighted by Gasteiger charge is 2.23. The van der Waals surface area contributed by atoms with Crippen LogP contribution in [0.1, 0.15) is 12.2 Å². The molecule has 1 atom stereocenters. The number of hydrogen-bond acceptors (Lipinski definition) is 4. The van der Waals surface area contributed by atoms with Crippen molar-refractivity contribution in [2.45, 2.75) is 19.4 Å². The summed E-state index contributed by atoms with van der Waals surface area (Å²) in [6.45, 7) is 3.50. The Balaban J connectivity index is 2.20. The molecule has 1 N–H and O–H groups in total. The van der Waals surface area contributed by atoms with Crippen molar-refractivity contribution < 1.29 is 4.74 Å². The lowest BCUT2D eigenvalue weighted by atomic mass is 10.3. The second-order valence-electron chi connectivity index (χ2n) is 3.78. The van der Waals surface area contributed by atoms with Gasteiger partial charge in [-0.25, -0.2) is 4.98 Å². The first-order valence-electron chi connectivity index (χ1n) is 5.05. The van der Waals surface area contributed by atoms with E-state index in [2.05, 4.69) is 14.9 Å². The molecule has 1 unspecified atom stereocenters. The van der Waals surface area contributed by atoms with Crippen LogP contribution >= 0.6 is 0 Å². The van der Waals surface area contributed by atoms with Gasteiger partial charge in [-0.15, -0.1) is 0 Å². The molecule has 0 aromatic carbocycles. The van der Waals surface area contributed by atoms with Gasteiger partial charge in [0.1, 0.15) is 11.6 Å². The average Bonchev–Trinajstić information content (AvgIpc) is 2.64. The Morgan fingerprint density at radius 3 is 3.07 bits per heavy atom. The van der Waals surface area contributed by atoms with Gasteiger partial charge >= 0.3 is 0 Å². The Morgan fingerprint density at radius 1 is 1.67 bits per heavy atom. The first kappa shape index (κ1) is 10.2. The molecule has 15 heavy (non-hydrogen) atoms. The molecule has 0 saturated carbocycles. The van der Waals surface area contributed by atoms with Crippen molar-refractivity contribution in [2.75, 3.05) is 25.1 Å². The van der Waals surface area contributed by atoms with Crippen LogP contribution in [0.25, 0.3) is 0 Å². The first-order valence-corrected chi connectivity index (χ1v) is 5.05. The topological polar surface area (TPSA) is 58.2 Å². The van der Waals surface area contributed by atoms with Crippen LogP contribution in [0.15, 0.2) is 10.9 Å². The molecule has 1 aliphatic rings. The number of nitrogens with zero attached hydrogens (tertiary/aromatic N) is 2. The van der Waals surface area contributed by atoms with E-state index in [4.69, 9.17) is 4.74 Å². The van der Waals surface area contributed by atoms with Crippen LogP contribution in [0.5, 0.6) is 0 Å². The number of methoxy groups -OCH3 is 1. The quantitative estimate of drug-likeness (QED) is 0.761. The Bertz CT molecular complexity index is 402. The van der Waals surface area contributed by atoms with E-state index in [-0.39, 0.29) is 11.7 Å². The van der Waals surface area contributed by atoms with E-state index in [9.17, 15) is 4.79 Å². The molecule has 2 rings (SSSR count). The molecule has 1 fully saturated rings. The highest BCUT2D eigenvalue weighted by Crippen LogP contribution is 2.17. The zero-order chi connectivity index (χ0) is 10.8. The number of ether oxygens (including phenoxy) is 1. The fourth-order valence-electron chi connectivity index (χ4n) is 1.85. The van der Waals surface area contributed by atoms with Crippen molar-refractivity contribution in [1.82, 2.24) is 9.97 Å². The molecule has 0 aliphatic carbocycles. The minimum atomic E-state index is -0.0987. The van der Waals surface area contributed by atoms with Gasteiger partial charge in [0.05, 0.1) is 6.10 Å². The summed E-state index contributed by atoms with van der Waals surface area (Å²) in [4.78, 5) is 20.3. The minimum absolute atomic E-state index is 0.0987. The summed E-state index contributed by atoms with van der Waals surface area (Å²) in [5, 5.41) is 0. The standard InChI is InChI=1S/C10H15N3O2/c1-7-11-9(5-10(14)12-7)13-4-3-8(6-13)15-2/h5,8H,3-4,6H2,1-2H3,(H,11,12,14). The van der Waals surface area contributed by atoms with Crippen molar-refractivity contribution in [3.63, 3.8) is 0 Å². The van der Waals surface area contributed by atoms with Crippen molar-refractivity contribution in [1.29, 1.82) is 0 Å². The predicted molar refractivity (Wildman–Crippen MR) is 57.2 cm³/mol. The highest BCUT2D eigenvalue weighted by molar-refractivity contribution is 5.38. The van der Waals surface area contributed by atoms with E-state index in [1.165, 1.54) is 6.07 Å². The lowest BCUT2D eigenvalue weighted by molar-refractivity contribution is 0.121. The van der Waals surface area contributed by atoms with E-state index in [0.29, 0.717) is 5.82 Å². The van der Waals surface area contributed by atoms with Crippen LogP contribution in [-0.2, 0) is 4.74 Å². The highest BCUT2D eigenvalue weighted by atomic mass is 16.5. The van der Waals surface area contributed by atoms with Gasteiger partial charge < -0.3 is 14.6 Å². The minimum Gasteiger partial charge on any atom is -0.380 e. The monoisotopic (exact) mass is 209 g/mol. The number of anilines is 1. The molecule has 82 valence electrons. The van der Waals surface area contributed by atoms with E-state index < -0.39 is 0 Å². The van der Waals surface area contributed by atoms with E-state index in [1.54, 1.807) is 14.0 Å². The summed E-state index contributed by atoms with van der Waals surface area (Å²) < 4.78 is 5.27. The predicted octanol–water partition coefficient (Wildman–Crippen LogP) is 0.303. The number of aryl methyl sites for hydroxylation is 1. The second kappa shape index (κ2) is 4.02. The van der Waals surface area contributed by atoms with Crippen LogP contribution < -0.4 is 10.5 Å². The van der Waals surface area contributed by atoms with E-state index in [1.807, 2.05) is 0 Å². The molecule has 1 aromatic rings. The molecule has 0 bridgehead atoms. The molecule has 1 saturated heterocycles. The summed E-state index contributed by atoms with van der Waals surface area (Å²) in [5.74, 6) is 1.40. The maximum Gasteiger partial charge on any atom is 0.252 e. The number of rotatable bonds is 2. The fraction of sp³-hybridized carbons (Fsp3) is 0.600. The number of hydrogen-bond donors (Lipinski definition) is 1. The zero-order valence-electron chi connectivity index (χ0n) is 8.99. The number of nitrogens with one attached hydrogen (secondary N) is 1. The molecular formula is C10H15N3O2. The largest absolute Gasteiger partial charge is 0.380 e. The van der Waals surface area contributed by atoms with Crippen molar-refractivity contribution in [3.05, 3.63) is 22.2 Å². The SMILES string of the molecule is COC1CCN(c2cc(=O)[nH]c(C)n2)C1. The van der Waals surface area contributed by atoms with Crippen LogP contribution in [0, 0.1) is 6.92 Å². The normalized spacial score (nSPS) is 20.9. The molecule has 5 nitrogen and oxygen atoms in total. The van der Waals surface area contributed by atoms with Crippen molar-refractivity contribution in [3.8, 4) is 0 Å². The average molecular weight is 209 g/mol. The van der Waals surface area contributed by atoms with Gasteiger partial charge in [-0.05, 0) is 13.3 Å². The lowest BCUT2D eigenvalue weighted by Crippen LogP contribution is -2.25. The van der Waals surface area contributed by atoms with E-state index in [0.717, 1.165) is 25.3 Å². The van der Waals surface area contributed by atoms with Crippen LogP contribution in [0.2, 0.25) is 0 Å². The summed E-state index contributed by atoms with van der Waals surface area (Å²) in [6.07, 6.45) is 1.25. The molecule has 0 amide bonds. The lowest BCUT2D eigenvalue weighted by Gasteiger charge is -2.16. The third-order valence-corrected chi connectivity index (χ3v) is 2.65. The Morgan fingerprint density at radius 2 is 2.47 bits per heavy atom. The number of aromatic amines is 1. The molecule has 5 heteroatoms. The molecule has 1 aromatic heterocycles. The Kier molecular flexibility index (Phi) is 2.73. The maximum atomic E-state index is 11.3. The molecular weight excluding hydrogens is 194 g/mol. The molecule has 2 heterocycles. The smallest absolute Gasteiger partial charge is 0.252 e. The third-order valence-electron chi connectivity index (χ3n) is 2.65. The van der Waals surface area contributed by atoms with Crippen LogP contribution in [0.4, 0.5) is 5.82 Å². The van der Waals surface area contributed by atoms with Gasteiger partial charge in [-0.3, -0.25) is 4.79 Å². The Labute approximate surface area is 88.1 Å². The summed E-state index contributed by atoms with van der Waals surface area (Å²) in [5.41, 5.74) is -0.0987. The summed E-state index contributed by atoms with van der Waals surface area (Å²) >= 11 is 0. The number of H-pyrrole nitrogens is 1. The maximum absolute atomic E-state index is 11.3. The third kappa shape index (κ3) is 2.18. The van der Waals surface area contributed by atoms with Crippen molar-refractivity contribution in [2.24, 2.45) is 0 Å². The Hall–Kier alpha value is -1.36. The molecule has 0 radical (unpaired) electrons. The van der Waals surface area contributed by atoms with E-state index >= 15 is 0 Å². The van der Waals surface area contributed by atoms with Crippen LogP contribution in [0.3, 0.4) is 0 Å². The van der Waals surface area contributed by atoms with Gasteiger partial charge in [0.15, 0.2) is 0 Å². The van der Waals surface area contributed by atoms with Gasteiger partial charge in [0.2, 0.25) is 0 Å². The molecule has 0 spiro atoms. The first-order chi connectivity index (χ1) is 7.19. The van der Waals surface area contributed by atoms with Gasteiger partial charge in [0, 0.05) is 26.3 Å². The fourth-order valence-corrected chi connectivity index (χ4v) is 1.85. The van der Waals surface area contributed by atoms with Crippen molar-refractivity contribution >= 4 is 5.82 Å². The zero-order valence-corrected chi connectivity index (χ0v) is 8.99. The summed E-state index contributed by atoms with van der Waals surface area (Å²) in [6, 6.07) is 1.53. The van der Waals surface area contributed by atoms with Gasteiger partial charge in [0.25, 0.3) is 5.56 Å².